The van der Waals surface area contributed by atoms with Crippen LogP contribution >= 0.6 is 0 Å². The Morgan fingerprint density at radius 2 is 0.824 bits per heavy atom. The highest BCUT2D eigenvalue weighted by molar-refractivity contribution is 5.56. The first-order valence-corrected chi connectivity index (χ1v) is 8.71. The highest BCUT2D eigenvalue weighted by Crippen LogP contribution is 2.69. The maximum Gasteiger partial charge on any atom is 0.394 e. The number of hydrogen-bond donors (Lipinski definition) is 4. The van der Waals surface area contributed by atoms with Crippen LogP contribution in [-0.4, -0.2) is 45.6 Å². The Bertz CT molecular complexity index is 1040. The van der Waals surface area contributed by atoms with Gasteiger partial charge in [-0.25, -0.2) is 0 Å². The molecule has 2 atom stereocenters. The largest absolute Gasteiger partial charge is 0.506 e. The molecule has 2 unspecified atom stereocenters. The maximum atomic E-state index is 15.6. The predicted octanol–water partition coefficient (Wildman–Crippen LogP) is 4.61. The molecular formula is C18H12F10N2O4. The zero-order valence-corrected chi connectivity index (χ0v) is 16.1. The molecule has 1 aliphatic rings. The van der Waals surface area contributed by atoms with Gasteiger partial charge in [-0.1, -0.05) is 0 Å². The van der Waals surface area contributed by atoms with E-state index in [1.54, 1.807) is 0 Å². The van der Waals surface area contributed by atoms with Crippen LogP contribution in [0.4, 0.5) is 55.3 Å². The third-order valence-electron chi connectivity index (χ3n) is 4.92. The fraction of sp³-hybridized carbons (Fsp3) is 0.333. The topological polar surface area (TPSA) is 111 Å². The minimum absolute atomic E-state index is 0.231. The SMILES string of the molecule is Nc1cc(OC2(F)C(F)(F)C(F)(F)C(F)(F)C(F)(F)C2(F)Oc2ccc(O)c(N)c2)ccc1O. The Labute approximate surface area is 182 Å². The lowest BCUT2D eigenvalue weighted by Gasteiger charge is -2.53. The summed E-state index contributed by atoms with van der Waals surface area (Å²) in [5, 5.41) is 18.6. The van der Waals surface area contributed by atoms with Crippen molar-refractivity contribution in [2.45, 2.75) is 35.4 Å². The number of nitrogens with two attached hydrogens (primary N) is 2. The number of aromatic hydroxyl groups is 2. The van der Waals surface area contributed by atoms with E-state index in [2.05, 4.69) is 9.47 Å². The number of rotatable bonds is 4. The molecule has 16 heteroatoms. The molecule has 1 fully saturated rings. The summed E-state index contributed by atoms with van der Waals surface area (Å²) in [6.45, 7) is 0. The van der Waals surface area contributed by atoms with Crippen LogP contribution in [0, 0.1) is 0 Å². The molecule has 0 amide bonds. The van der Waals surface area contributed by atoms with E-state index < -0.39 is 69.8 Å². The smallest absolute Gasteiger partial charge is 0.394 e. The van der Waals surface area contributed by atoms with Crippen LogP contribution < -0.4 is 20.9 Å². The van der Waals surface area contributed by atoms with E-state index in [1.165, 1.54) is 0 Å². The second-order valence-electron chi connectivity index (χ2n) is 7.13. The Balaban J connectivity index is 2.31. The average Bonchev–Trinajstić information content (AvgIpc) is 2.71. The summed E-state index contributed by atoms with van der Waals surface area (Å²) >= 11 is 0. The first-order valence-electron chi connectivity index (χ1n) is 8.71. The highest BCUT2D eigenvalue weighted by atomic mass is 19.4. The number of benzene rings is 2. The molecule has 34 heavy (non-hydrogen) atoms. The van der Waals surface area contributed by atoms with Gasteiger partial charge in [0.1, 0.15) is 23.0 Å². The van der Waals surface area contributed by atoms with Crippen molar-refractivity contribution in [3.8, 4) is 23.0 Å². The third kappa shape index (κ3) is 2.89. The van der Waals surface area contributed by atoms with Gasteiger partial charge in [0, 0.05) is 12.1 Å². The van der Waals surface area contributed by atoms with Gasteiger partial charge >= 0.3 is 35.4 Å². The molecule has 1 saturated carbocycles. The van der Waals surface area contributed by atoms with E-state index in [-0.39, 0.29) is 12.1 Å². The van der Waals surface area contributed by atoms with Gasteiger partial charge in [-0.3, -0.25) is 0 Å². The number of phenols is 2. The van der Waals surface area contributed by atoms with E-state index >= 15 is 8.78 Å². The van der Waals surface area contributed by atoms with Gasteiger partial charge in [0.25, 0.3) is 0 Å². The number of alkyl halides is 10. The molecule has 6 nitrogen and oxygen atoms in total. The minimum atomic E-state index is -7.23. The van der Waals surface area contributed by atoms with E-state index in [9.17, 15) is 45.3 Å². The molecule has 0 radical (unpaired) electrons. The van der Waals surface area contributed by atoms with Gasteiger partial charge in [0.05, 0.1) is 11.4 Å². The molecule has 188 valence electrons. The van der Waals surface area contributed by atoms with Crippen molar-refractivity contribution in [2.75, 3.05) is 11.5 Å². The van der Waals surface area contributed by atoms with Crippen LogP contribution in [-0.2, 0) is 0 Å². The van der Waals surface area contributed by atoms with E-state index in [0.29, 0.717) is 24.3 Å². The molecule has 0 bridgehead atoms. The summed E-state index contributed by atoms with van der Waals surface area (Å²) in [4.78, 5) is 0. The van der Waals surface area contributed by atoms with E-state index in [0.717, 1.165) is 0 Å². The van der Waals surface area contributed by atoms with Crippen molar-refractivity contribution in [1.29, 1.82) is 0 Å². The first-order chi connectivity index (χ1) is 15.3. The van der Waals surface area contributed by atoms with Gasteiger partial charge in [-0.05, 0) is 24.3 Å². The number of hydrogen-bond acceptors (Lipinski definition) is 6. The quantitative estimate of drug-likeness (QED) is 0.272. The Hall–Kier alpha value is -3.46. The monoisotopic (exact) mass is 510 g/mol. The summed E-state index contributed by atoms with van der Waals surface area (Å²) in [5.41, 5.74) is 8.77. The van der Waals surface area contributed by atoms with Crippen molar-refractivity contribution in [1.82, 2.24) is 0 Å². The Kier molecular flexibility index (Phi) is 5.20. The molecule has 3 rings (SSSR count). The molecule has 0 aromatic heterocycles. The predicted molar refractivity (Wildman–Crippen MR) is 93.8 cm³/mol. The molecule has 6 N–H and O–H groups in total. The van der Waals surface area contributed by atoms with Crippen LogP contribution in [0.1, 0.15) is 0 Å². The summed E-state index contributed by atoms with van der Waals surface area (Å²) in [6.07, 6.45) is 0. The number of phenolic OH excluding ortho intramolecular Hbond substituents is 2. The Morgan fingerprint density at radius 3 is 1.09 bits per heavy atom. The minimum Gasteiger partial charge on any atom is -0.506 e. The molecule has 1 aliphatic carbocycles. The number of halogens is 10. The van der Waals surface area contributed by atoms with Crippen LogP contribution in [0.2, 0.25) is 0 Å². The second kappa shape index (κ2) is 7.02. The fourth-order valence-electron chi connectivity index (χ4n) is 2.98. The highest BCUT2D eigenvalue weighted by Gasteiger charge is 3.03. The molecule has 0 aliphatic heterocycles. The van der Waals surface area contributed by atoms with Gasteiger partial charge in [0.15, 0.2) is 0 Å². The normalized spacial score (nSPS) is 28.8. The lowest BCUT2D eigenvalue weighted by atomic mass is 9.77. The van der Waals surface area contributed by atoms with Crippen molar-refractivity contribution in [3.05, 3.63) is 36.4 Å². The van der Waals surface area contributed by atoms with Crippen LogP contribution in [0.25, 0.3) is 0 Å². The number of ether oxygens (including phenoxy) is 2. The molecule has 2 aromatic carbocycles. The second-order valence-corrected chi connectivity index (χ2v) is 7.13. The van der Waals surface area contributed by atoms with E-state index in [1.807, 2.05) is 0 Å². The standard InChI is InChI=1S/C18H12F10N2O4/c19-13(20)14(21,22)16(25,26)18(28,34-8-2-4-12(32)10(30)6-8)17(27,15(13,23)24)33-7-1-3-11(31)9(29)5-7/h1-6,31-32H,29-30H2. The summed E-state index contributed by atoms with van der Waals surface area (Å²) in [6, 6.07) is 2.06. The lowest BCUT2D eigenvalue weighted by Crippen LogP contribution is -2.87. The maximum absolute atomic E-state index is 15.6. The zero-order chi connectivity index (χ0) is 26.1. The van der Waals surface area contributed by atoms with Crippen LogP contribution in [0.5, 0.6) is 23.0 Å². The van der Waals surface area contributed by atoms with Crippen molar-refractivity contribution in [2.24, 2.45) is 0 Å². The molecule has 2 aromatic rings. The van der Waals surface area contributed by atoms with E-state index in [4.69, 9.17) is 11.5 Å². The first kappa shape index (κ1) is 25.2. The van der Waals surface area contributed by atoms with Crippen LogP contribution in [0.3, 0.4) is 0 Å². The van der Waals surface area contributed by atoms with Gasteiger partial charge in [0.2, 0.25) is 0 Å². The van der Waals surface area contributed by atoms with Crippen molar-refractivity contribution in [3.63, 3.8) is 0 Å². The summed E-state index contributed by atoms with van der Waals surface area (Å²) in [5.74, 6) is -45.7. The number of anilines is 2. The van der Waals surface area contributed by atoms with Gasteiger partial charge < -0.3 is 31.2 Å². The van der Waals surface area contributed by atoms with Crippen molar-refractivity contribution < 1.29 is 63.6 Å². The molecule has 0 saturated heterocycles. The van der Waals surface area contributed by atoms with Crippen molar-refractivity contribution >= 4 is 11.4 Å². The van der Waals surface area contributed by atoms with Gasteiger partial charge in [-0.15, -0.1) is 0 Å². The average molecular weight is 510 g/mol. The summed E-state index contributed by atoms with van der Waals surface area (Å²) < 4.78 is 153. The Morgan fingerprint density at radius 1 is 0.529 bits per heavy atom. The summed E-state index contributed by atoms with van der Waals surface area (Å²) in [7, 11) is 0. The molecular weight excluding hydrogens is 498 g/mol. The zero-order valence-electron chi connectivity index (χ0n) is 16.1. The third-order valence-corrected chi connectivity index (χ3v) is 4.92. The van der Waals surface area contributed by atoms with Crippen LogP contribution in [0.15, 0.2) is 36.4 Å². The molecule has 0 spiro atoms. The van der Waals surface area contributed by atoms with Gasteiger partial charge in [-0.2, -0.15) is 43.9 Å². The lowest BCUT2D eigenvalue weighted by molar-refractivity contribution is -0.520. The molecule has 0 heterocycles. The fourth-order valence-corrected chi connectivity index (χ4v) is 2.98. The number of nitrogen functional groups attached to an aromatic ring is 2.